The van der Waals surface area contributed by atoms with Crippen LogP contribution < -0.4 is 5.32 Å². The summed E-state index contributed by atoms with van der Waals surface area (Å²) in [6, 6.07) is 4.78. The van der Waals surface area contributed by atoms with Crippen molar-refractivity contribution in [2.24, 2.45) is 5.92 Å². The number of rotatable bonds is 4. The largest absolute Gasteiger partial charge is 0.478 e. The van der Waals surface area contributed by atoms with Gasteiger partial charge in [-0.3, -0.25) is 4.79 Å². The molecule has 0 atom stereocenters. The summed E-state index contributed by atoms with van der Waals surface area (Å²) in [5.74, 6) is -0.560. The van der Waals surface area contributed by atoms with Gasteiger partial charge in [0.15, 0.2) is 0 Å². The lowest BCUT2D eigenvalue weighted by atomic mass is 9.83. The van der Waals surface area contributed by atoms with Crippen molar-refractivity contribution >= 4 is 33.5 Å². The van der Waals surface area contributed by atoms with E-state index >= 15 is 0 Å². The molecule has 1 aliphatic carbocycles. The molecule has 1 aliphatic rings. The Labute approximate surface area is 114 Å². The minimum absolute atomic E-state index is 0.0432. The molecule has 1 aromatic rings. The van der Waals surface area contributed by atoms with E-state index in [1.54, 1.807) is 12.1 Å². The smallest absolute Gasteiger partial charge is 0.336 e. The minimum Gasteiger partial charge on any atom is -0.478 e. The number of carbonyl (C=O) groups excluding carboxylic acids is 1. The van der Waals surface area contributed by atoms with Crippen molar-refractivity contribution in [3.05, 3.63) is 28.2 Å². The van der Waals surface area contributed by atoms with Crippen LogP contribution in [0.2, 0.25) is 0 Å². The molecular formula is C13H14BrNO3. The average Bonchev–Trinajstić information content (AvgIpc) is 2.26. The van der Waals surface area contributed by atoms with E-state index in [0.717, 1.165) is 12.8 Å². The van der Waals surface area contributed by atoms with Crippen molar-refractivity contribution < 1.29 is 14.7 Å². The van der Waals surface area contributed by atoms with Crippen LogP contribution in [0, 0.1) is 5.92 Å². The molecule has 0 radical (unpaired) electrons. The molecule has 0 saturated heterocycles. The van der Waals surface area contributed by atoms with Crippen LogP contribution in [0.3, 0.4) is 0 Å². The van der Waals surface area contributed by atoms with Gasteiger partial charge in [0, 0.05) is 16.6 Å². The molecule has 0 aromatic heterocycles. The van der Waals surface area contributed by atoms with E-state index < -0.39 is 5.97 Å². The maximum absolute atomic E-state index is 11.7. The van der Waals surface area contributed by atoms with Gasteiger partial charge in [-0.25, -0.2) is 4.79 Å². The zero-order valence-corrected chi connectivity index (χ0v) is 11.4. The van der Waals surface area contributed by atoms with Gasteiger partial charge in [0.25, 0.3) is 0 Å². The van der Waals surface area contributed by atoms with Crippen LogP contribution in [-0.4, -0.2) is 17.0 Å². The third kappa shape index (κ3) is 3.10. The second-order valence-corrected chi connectivity index (χ2v) is 5.40. The Balaban J connectivity index is 2.02. The summed E-state index contributed by atoms with van der Waals surface area (Å²) in [5, 5.41) is 11.7. The predicted molar refractivity (Wildman–Crippen MR) is 71.7 cm³/mol. The Morgan fingerprint density at radius 1 is 1.39 bits per heavy atom. The van der Waals surface area contributed by atoms with Crippen molar-refractivity contribution in [3.8, 4) is 0 Å². The van der Waals surface area contributed by atoms with Crippen LogP contribution in [0.1, 0.15) is 36.0 Å². The fourth-order valence-electron chi connectivity index (χ4n) is 1.94. The lowest BCUT2D eigenvalue weighted by Gasteiger charge is -2.24. The van der Waals surface area contributed by atoms with E-state index in [-0.39, 0.29) is 11.5 Å². The summed E-state index contributed by atoms with van der Waals surface area (Å²) >= 11 is 3.16. The van der Waals surface area contributed by atoms with Crippen LogP contribution in [0.4, 0.5) is 5.69 Å². The van der Waals surface area contributed by atoms with Gasteiger partial charge in [-0.15, -0.1) is 0 Å². The molecule has 0 aliphatic heterocycles. The first kappa shape index (κ1) is 13.1. The van der Waals surface area contributed by atoms with Crippen molar-refractivity contribution in [1.29, 1.82) is 0 Å². The maximum Gasteiger partial charge on any atom is 0.336 e. The number of amides is 1. The monoisotopic (exact) mass is 311 g/mol. The summed E-state index contributed by atoms with van der Waals surface area (Å²) in [4.78, 5) is 22.7. The fourth-order valence-corrected chi connectivity index (χ4v) is 2.35. The standard InChI is InChI=1S/C13H14BrNO3/c14-11-5-4-9(7-10(11)13(17)18)15-12(16)6-8-2-1-3-8/h4-5,7-8H,1-3,6H2,(H,15,16)(H,17,18). The zero-order chi connectivity index (χ0) is 13.1. The molecule has 1 aromatic carbocycles. The van der Waals surface area contributed by atoms with Gasteiger partial charge in [-0.1, -0.05) is 6.42 Å². The Hall–Kier alpha value is -1.36. The summed E-state index contributed by atoms with van der Waals surface area (Å²) in [6.07, 6.45) is 3.97. The van der Waals surface area contributed by atoms with Crippen LogP contribution in [0.5, 0.6) is 0 Å². The first-order valence-electron chi connectivity index (χ1n) is 5.89. The van der Waals surface area contributed by atoms with E-state index in [2.05, 4.69) is 21.2 Å². The van der Waals surface area contributed by atoms with E-state index in [9.17, 15) is 9.59 Å². The summed E-state index contributed by atoms with van der Waals surface area (Å²) in [6.45, 7) is 0. The van der Waals surface area contributed by atoms with Crippen molar-refractivity contribution in [3.63, 3.8) is 0 Å². The highest BCUT2D eigenvalue weighted by molar-refractivity contribution is 9.10. The lowest BCUT2D eigenvalue weighted by Crippen LogP contribution is -2.21. The number of carboxylic acid groups (broad SMARTS) is 1. The van der Waals surface area contributed by atoms with E-state index in [1.165, 1.54) is 12.5 Å². The highest BCUT2D eigenvalue weighted by Crippen LogP contribution is 2.29. The fraction of sp³-hybridized carbons (Fsp3) is 0.385. The number of hydrogen-bond donors (Lipinski definition) is 2. The SMILES string of the molecule is O=C(CC1CCC1)Nc1ccc(Br)c(C(=O)O)c1. The molecule has 1 saturated carbocycles. The van der Waals surface area contributed by atoms with Crippen LogP contribution >= 0.6 is 15.9 Å². The Kier molecular flexibility index (Phi) is 4.01. The normalized spacial score (nSPS) is 14.9. The summed E-state index contributed by atoms with van der Waals surface area (Å²) in [5.41, 5.74) is 0.677. The number of aromatic carboxylic acids is 1. The maximum atomic E-state index is 11.7. The molecule has 0 heterocycles. The number of hydrogen-bond acceptors (Lipinski definition) is 2. The Morgan fingerprint density at radius 2 is 2.11 bits per heavy atom. The molecule has 5 heteroatoms. The van der Waals surface area contributed by atoms with Gasteiger partial charge in [-0.05, 0) is 52.9 Å². The Morgan fingerprint density at radius 3 is 2.67 bits per heavy atom. The van der Waals surface area contributed by atoms with E-state index in [1.807, 2.05) is 0 Å². The predicted octanol–water partition coefficient (Wildman–Crippen LogP) is 3.28. The number of anilines is 1. The van der Waals surface area contributed by atoms with Crippen molar-refractivity contribution in [2.75, 3.05) is 5.32 Å². The third-order valence-electron chi connectivity index (χ3n) is 3.18. The number of carboxylic acids is 1. The molecule has 4 nitrogen and oxygen atoms in total. The molecular weight excluding hydrogens is 298 g/mol. The average molecular weight is 312 g/mol. The first-order chi connectivity index (χ1) is 8.56. The number of carbonyl (C=O) groups is 2. The van der Waals surface area contributed by atoms with E-state index in [4.69, 9.17) is 5.11 Å². The molecule has 0 unspecified atom stereocenters. The Bertz CT molecular complexity index is 483. The topological polar surface area (TPSA) is 66.4 Å². The van der Waals surface area contributed by atoms with Gasteiger partial charge < -0.3 is 10.4 Å². The summed E-state index contributed by atoms with van der Waals surface area (Å²) < 4.78 is 0.506. The third-order valence-corrected chi connectivity index (χ3v) is 3.87. The lowest BCUT2D eigenvalue weighted by molar-refractivity contribution is -0.117. The minimum atomic E-state index is -1.02. The molecule has 2 rings (SSSR count). The molecule has 96 valence electrons. The van der Waals surface area contributed by atoms with Gasteiger partial charge in [0.2, 0.25) is 5.91 Å². The second-order valence-electron chi connectivity index (χ2n) is 4.55. The molecule has 18 heavy (non-hydrogen) atoms. The van der Waals surface area contributed by atoms with Crippen molar-refractivity contribution in [2.45, 2.75) is 25.7 Å². The quantitative estimate of drug-likeness (QED) is 0.896. The van der Waals surface area contributed by atoms with E-state index in [0.29, 0.717) is 22.5 Å². The second kappa shape index (κ2) is 5.52. The molecule has 0 spiro atoms. The molecule has 1 fully saturated rings. The van der Waals surface area contributed by atoms with Gasteiger partial charge in [0.1, 0.15) is 0 Å². The van der Waals surface area contributed by atoms with Crippen molar-refractivity contribution in [1.82, 2.24) is 0 Å². The number of halogens is 1. The zero-order valence-electron chi connectivity index (χ0n) is 9.78. The van der Waals surface area contributed by atoms with Gasteiger partial charge in [-0.2, -0.15) is 0 Å². The highest BCUT2D eigenvalue weighted by atomic mass is 79.9. The van der Waals surface area contributed by atoms with Gasteiger partial charge >= 0.3 is 5.97 Å². The van der Waals surface area contributed by atoms with Crippen LogP contribution in [0.25, 0.3) is 0 Å². The van der Waals surface area contributed by atoms with Gasteiger partial charge in [0.05, 0.1) is 5.56 Å². The van der Waals surface area contributed by atoms with Crippen LogP contribution in [0.15, 0.2) is 22.7 Å². The highest BCUT2D eigenvalue weighted by Gasteiger charge is 2.20. The molecule has 2 N–H and O–H groups in total. The summed E-state index contributed by atoms with van der Waals surface area (Å²) in [7, 11) is 0. The number of nitrogens with one attached hydrogen (secondary N) is 1. The number of benzene rings is 1. The first-order valence-corrected chi connectivity index (χ1v) is 6.68. The molecule has 0 bridgehead atoms. The molecule has 1 amide bonds. The van der Waals surface area contributed by atoms with Crippen LogP contribution in [-0.2, 0) is 4.79 Å².